The van der Waals surface area contributed by atoms with E-state index in [1.165, 1.54) is 19.1 Å². The molecular formula is C11H12BrN3O4. The molecule has 0 saturated carbocycles. The lowest BCUT2D eigenvalue weighted by Gasteiger charge is -2.12. The molecule has 5 N–H and O–H groups in total. The molecule has 0 bridgehead atoms. The van der Waals surface area contributed by atoms with Gasteiger partial charge in [0.15, 0.2) is 18.1 Å². The Bertz CT molecular complexity index is 545. The Balaban J connectivity index is 2.91. The minimum Gasteiger partial charge on any atom is -0.481 e. The Labute approximate surface area is 117 Å². The topological polar surface area (TPSA) is 125 Å². The maximum absolute atomic E-state index is 11.5. The van der Waals surface area contributed by atoms with Crippen LogP contribution in [0.4, 0.5) is 10.5 Å². The number of benzene rings is 1. The summed E-state index contributed by atoms with van der Waals surface area (Å²) < 4.78 is 5.78. The number of urea groups is 1. The molecule has 0 radical (unpaired) electrons. The third-order valence-electron chi connectivity index (χ3n) is 2.07. The van der Waals surface area contributed by atoms with Crippen molar-refractivity contribution in [2.75, 3.05) is 12.3 Å². The van der Waals surface area contributed by atoms with Crippen molar-refractivity contribution < 1.29 is 19.1 Å². The maximum atomic E-state index is 11.5. The van der Waals surface area contributed by atoms with E-state index in [4.69, 9.17) is 16.2 Å². The number of ether oxygens (including phenoxy) is 1. The molecule has 0 aliphatic heterocycles. The number of rotatable bonds is 4. The minimum atomic E-state index is -0.982. The van der Waals surface area contributed by atoms with Crippen LogP contribution in [-0.4, -0.2) is 24.3 Å². The Kier molecular flexibility index (Phi) is 4.87. The molecule has 1 aromatic carbocycles. The van der Waals surface area contributed by atoms with Gasteiger partial charge in [-0.2, -0.15) is 0 Å². The van der Waals surface area contributed by atoms with Gasteiger partial charge in [0, 0.05) is 4.47 Å². The van der Waals surface area contributed by atoms with Crippen LogP contribution in [-0.2, 0) is 4.79 Å². The number of ketones is 1. The minimum absolute atomic E-state index is 0.0929. The quantitative estimate of drug-likeness (QED) is 0.556. The zero-order valence-corrected chi connectivity index (χ0v) is 11.6. The first-order valence-electron chi connectivity index (χ1n) is 5.13. The molecule has 0 fully saturated rings. The van der Waals surface area contributed by atoms with Crippen LogP contribution in [0.1, 0.15) is 17.3 Å². The summed E-state index contributed by atoms with van der Waals surface area (Å²) in [6, 6.07) is 2.08. The number of halogens is 1. The van der Waals surface area contributed by atoms with Crippen LogP contribution in [0.25, 0.3) is 0 Å². The second-order valence-electron chi connectivity index (χ2n) is 3.63. The van der Waals surface area contributed by atoms with Crippen LogP contribution in [0, 0.1) is 0 Å². The van der Waals surface area contributed by atoms with E-state index in [0.717, 1.165) is 0 Å². The van der Waals surface area contributed by atoms with Gasteiger partial charge in [-0.3, -0.25) is 14.9 Å². The number of carbonyl (C=O) groups is 3. The number of hydrogen-bond acceptors (Lipinski definition) is 5. The molecule has 19 heavy (non-hydrogen) atoms. The van der Waals surface area contributed by atoms with E-state index >= 15 is 0 Å². The lowest BCUT2D eigenvalue weighted by molar-refractivity contribution is -0.121. The molecule has 0 aliphatic rings. The summed E-state index contributed by atoms with van der Waals surface area (Å²) in [7, 11) is 0. The van der Waals surface area contributed by atoms with E-state index in [9.17, 15) is 14.4 Å². The Morgan fingerprint density at radius 3 is 2.53 bits per heavy atom. The monoisotopic (exact) mass is 329 g/mol. The van der Waals surface area contributed by atoms with E-state index in [1.807, 2.05) is 5.32 Å². The predicted octanol–water partition coefficient (Wildman–Crippen LogP) is 0.808. The number of imide groups is 1. The summed E-state index contributed by atoms with van der Waals surface area (Å²) in [6.45, 7) is 0.868. The molecule has 0 spiro atoms. The summed E-state index contributed by atoms with van der Waals surface area (Å²) in [5.74, 6) is -0.905. The summed E-state index contributed by atoms with van der Waals surface area (Å²) in [4.78, 5) is 33.1. The van der Waals surface area contributed by atoms with Crippen LogP contribution in [0.15, 0.2) is 16.6 Å². The second-order valence-corrected chi connectivity index (χ2v) is 4.54. The van der Waals surface area contributed by atoms with E-state index in [0.29, 0.717) is 4.47 Å². The number of anilines is 1. The summed E-state index contributed by atoms with van der Waals surface area (Å²) >= 11 is 3.20. The zero-order valence-electron chi connectivity index (χ0n) is 10.0. The van der Waals surface area contributed by atoms with E-state index in [1.54, 1.807) is 0 Å². The molecule has 1 rings (SSSR count). The van der Waals surface area contributed by atoms with E-state index in [2.05, 4.69) is 15.9 Å². The first-order valence-corrected chi connectivity index (χ1v) is 5.92. The zero-order chi connectivity index (χ0) is 14.6. The molecule has 0 aliphatic carbocycles. The molecular weight excluding hydrogens is 318 g/mol. The van der Waals surface area contributed by atoms with Gasteiger partial charge in [-0.15, -0.1) is 0 Å². The molecule has 7 nitrogen and oxygen atoms in total. The SMILES string of the molecule is CC(=O)c1cc(Br)cc(N)c1OCC(=O)NC(N)=O. The highest BCUT2D eigenvalue weighted by Gasteiger charge is 2.15. The van der Waals surface area contributed by atoms with Crippen molar-refractivity contribution >= 4 is 39.3 Å². The van der Waals surface area contributed by atoms with Crippen molar-refractivity contribution in [2.24, 2.45) is 5.73 Å². The normalized spacial score (nSPS) is 9.79. The average Bonchev–Trinajstić information content (AvgIpc) is 2.25. The summed E-state index contributed by atoms with van der Waals surface area (Å²) in [6.07, 6.45) is 0. The Hall–Kier alpha value is -2.09. The number of nitrogens with one attached hydrogen (secondary N) is 1. The highest BCUT2D eigenvalue weighted by Crippen LogP contribution is 2.31. The number of nitrogens with two attached hydrogens (primary N) is 2. The van der Waals surface area contributed by atoms with Gasteiger partial charge in [0.05, 0.1) is 11.3 Å². The summed E-state index contributed by atoms with van der Waals surface area (Å²) in [5, 5.41) is 1.83. The number of hydrogen-bond donors (Lipinski definition) is 3. The maximum Gasteiger partial charge on any atom is 0.318 e. The number of Topliss-reactive ketones (excluding diaryl/α,β-unsaturated/α-hetero) is 1. The lowest BCUT2D eigenvalue weighted by atomic mass is 10.1. The van der Waals surface area contributed by atoms with Crippen LogP contribution in [0.5, 0.6) is 5.75 Å². The van der Waals surface area contributed by atoms with Crippen LogP contribution < -0.4 is 21.5 Å². The molecule has 0 aromatic heterocycles. The fraction of sp³-hybridized carbons (Fsp3) is 0.182. The number of primary amides is 1. The smallest absolute Gasteiger partial charge is 0.318 e. The van der Waals surface area contributed by atoms with Gasteiger partial charge in [0.1, 0.15) is 0 Å². The van der Waals surface area contributed by atoms with Gasteiger partial charge in [-0.25, -0.2) is 4.79 Å². The van der Waals surface area contributed by atoms with Gasteiger partial charge in [-0.1, -0.05) is 15.9 Å². The largest absolute Gasteiger partial charge is 0.481 e. The van der Waals surface area contributed by atoms with Gasteiger partial charge in [-0.05, 0) is 19.1 Å². The van der Waals surface area contributed by atoms with E-state index < -0.39 is 18.5 Å². The molecule has 102 valence electrons. The van der Waals surface area contributed by atoms with Gasteiger partial charge in [0.25, 0.3) is 5.91 Å². The molecule has 0 atom stereocenters. The highest BCUT2D eigenvalue weighted by molar-refractivity contribution is 9.10. The van der Waals surface area contributed by atoms with Crippen LogP contribution >= 0.6 is 15.9 Å². The second kappa shape index (κ2) is 6.19. The first-order chi connectivity index (χ1) is 8.81. The molecule has 3 amide bonds. The van der Waals surface area contributed by atoms with Crippen LogP contribution in [0.3, 0.4) is 0 Å². The lowest BCUT2D eigenvalue weighted by Crippen LogP contribution is -2.38. The van der Waals surface area contributed by atoms with Gasteiger partial charge >= 0.3 is 6.03 Å². The highest BCUT2D eigenvalue weighted by atomic mass is 79.9. The Morgan fingerprint density at radius 2 is 2.00 bits per heavy atom. The average molecular weight is 330 g/mol. The molecule has 1 aromatic rings. The number of amides is 3. The third-order valence-corrected chi connectivity index (χ3v) is 2.53. The van der Waals surface area contributed by atoms with Crippen molar-refractivity contribution in [1.82, 2.24) is 5.32 Å². The fourth-order valence-electron chi connectivity index (χ4n) is 1.35. The first kappa shape index (κ1) is 15.0. The molecule has 8 heteroatoms. The third kappa shape index (κ3) is 4.25. The fourth-order valence-corrected chi connectivity index (χ4v) is 1.82. The van der Waals surface area contributed by atoms with Crippen molar-refractivity contribution in [3.63, 3.8) is 0 Å². The van der Waals surface area contributed by atoms with Gasteiger partial charge in [0.2, 0.25) is 0 Å². The predicted molar refractivity (Wildman–Crippen MR) is 71.8 cm³/mol. The van der Waals surface area contributed by atoms with Crippen molar-refractivity contribution in [3.05, 3.63) is 22.2 Å². The standard InChI is InChI=1S/C11H12BrN3O4/c1-5(16)7-2-6(12)3-8(13)10(7)19-4-9(17)15-11(14)18/h2-3H,4,13H2,1H3,(H3,14,15,17,18). The molecule has 0 saturated heterocycles. The molecule has 0 heterocycles. The van der Waals surface area contributed by atoms with E-state index in [-0.39, 0.29) is 22.8 Å². The van der Waals surface area contributed by atoms with Crippen molar-refractivity contribution in [2.45, 2.75) is 6.92 Å². The van der Waals surface area contributed by atoms with Crippen LogP contribution in [0.2, 0.25) is 0 Å². The van der Waals surface area contributed by atoms with Crippen molar-refractivity contribution in [1.29, 1.82) is 0 Å². The number of nitrogen functional groups attached to an aromatic ring is 1. The Morgan fingerprint density at radius 1 is 1.37 bits per heavy atom. The molecule has 0 unspecified atom stereocenters. The number of carbonyl (C=O) groups excluding carboxylic acids is 3. The van der Waals surface area contributed by atoms with Crippen molar-refractivity contribution in [3.8, 4) is 5.75 Å². The summed E-state index contributed by atoms with van der Waals surface area (Å²) in [5.41, 5.74) is 10.9. The van der Waals surface area contributed by atoms with Gasteiger partial charge < -0.3 is 16.2 Å².